The molecule has 4 heterocycles. The van der Waals surface area contributed by atoms with Crippen LogP contribution in [-0.2, 0) is 0 Å². The van der Waals surface area contributed by atoms with Gasteiger partial charge in [0, 0.05) is 34.7 Å². The lowest BCUT2D eigenvalue weighted by atomic mass is 10.1. The molecule has 7 nitrogen and oxygen atoms in total. The smallest absolute Gasteiger partial charge is 0.157 e. The van der Waals surface area contributed by atoms with E-state index in [0.717, 1.165) is 57.9 Å². The molecule has 1 fully saturated rings. The highest BCUT2D eigenvalue weighted by atomic mass is 35.5. The van der Waals surface area contributed by atoms with Gasteiger partial charge in [-0.05, 0) is 62.6 Å². The Morgan fingerprint density at radius 2 is 1.84 bits per heavy atom. The molecular formula is C24H22ClN7. The van der Waals surface area contributed by atoms with Gasteiger partial charge in [-0.25, -0.2) is 9.97 Å². The van der Waals surface area contributed by atoms with Crippen molar-refractivity contribution in [2.75, 3.05) is 18.0 Å². The number of hydrogen-bond acceptors (Lipinski definition) is 5. The Kier molecular flexibility index (Phi) is 4.57. The van der Waals surface area contributed by atoms with Crippen LogP contribution in [0.3, 0.4) is 0 Å². The molecule has 0 amide bonds. The SMILES string of the molecule is Cc1nc2c(-c3ncn[nH]3)cc(N3CCCCC3)cc2n1-c1cnc2ccc(Cl)cc2c1. The average molecular weight is 444 g/mol. The summed E-state index contributed by atoms with van der Waals surface area (Å²) < 4.78 is 2.16. The van der Waals surface area contributed by atoms with Gasteiger partial charge in [0.1, 0.15) is 17.7 Å². The summed E-state index contributed by atoms with van der Waals surface area (Å²) in [6.07, 6.45) is 7.14. The van der Waals surface area contributed by atoms with Crippen molar-refractivity contribution in [1.82, 2.24) is 29.7 Å². The average Bonchev–Trinajstić information content (AvgIpc) is 3.46. The number of rotatable bonds is 3. The molecule has 0 radical (unpaired) electrons. The molecule has 8 heteroatoms. The highest BCUT2D eigenvalue weighted by Gasteiger charge is 2.20. The molecule has 0 atom stereocenters. The fraction of sp³-hybridized carbons (Fsp3) is 0.250. The topological polar surface area (TPSA) is 75.5 Å². The highest BCUT2D eigenvalue weighted by Crippen LogP contribution is 2.35. The van der Waals surface area contributed by atoms with Crippen molar-refractivity contribution in [3.63, 3.8) is 0 Å². The van der Waals surface area contributed by atoms with Crippen LogP contribution in [0.2, 0.25) is 5.02 Å². The van der Waals surface area contributed by atoms with Crippen molar-refractivity contribution in [3.8, 4) is 17.1 Å². The van der Waals surface area contributed by atoms with Crippen LogP contribution >= 0.6 is 11.6 Å². The van der Waals surface area contributed by atoms with E-state index in [1.807, 2.05) is 31.3 Å². The fourth-order valence-corrected chi connectivity index (χ4v) is 4.85. The fourth-order valence-electron chi connectivity index (χ4n) is 4.67. The molecule has 1 aliphatic heterocycles. The van der Waals surface area contributed by atoms with Gasteiger partial charge >= 0.3 is 0 Å². The van der Waals surface area contributed by atoms with Crippen molar-refractivity contribution in [2.45, 2.75) is 26.2 Å². The summed E-state index contributed by atoms with van der Waals surface area (Å²) in [6.45, 7) is 4.14. The van der Waals surface area contributed by atoms with Crippen LogP contribution in [-0.4, -0.2) is 42.8 Å². The number of H-pyrrole nitrogens is 1. The minimum Gasteiger partial charge on any atom is -0.371 e. The van der Waals surface area contributed by atoms with Gasteiger partial charge in [0.15, 0.2) is 5.82 Å². The third kappa shape index (κ3) is 3.20. The number of aromatic amines is 1. The van der Waals surface area contributed by atoms with E-state index >= 15 is 0 Å². The molecule has 0 bridgehead atoms. The largest absolute Gasteiger partial charge is 0.371 e. The van der Waals surface area contributed by atoms with Gasteiger partial charge in [-0.3, -0.25) is 14.6 Å². The van der Waals surface area contributed by atoms with E-state index in [4.69, 9.17) is 16.6 Å². The second kappa shape index (κ2) is 7.60. The van der Waals surface area contributed by atoms with Gasteiger partial charge in [0.25, 0.3) is 0 Å². The molecule has 5 aromatic rings. The molecule has 160 valence electrons. The monoisotopic (exact) mass is 443 g/mol. The molecule has 0 spiro atoms. The van der Waals surface area contributed by atoms with E-state index in [9.17, 15) is 0 Å². The molecule has 1 saturated heterocycles. The van der Waals surface area contributed by atoms with Crippen LogP contribution in [0.4, 0.5) is 5.69 Å². The summed E-state index contributed by atoms with van der Waals surface area (Å²) in [5, 5.41) is 8.79. The third-order valence-corrected chi connectivity index (χ3v) is 6.43. The number of benzene rings is 2. The number of pyridine rings is 1. The second-order valence-electron chi connectivity index (χ2n) is 8.27. The summed E-state index contributed by atoms with van der Waals surface area (Å²) in [6, 6.07) is 12.3. The normalized spacial score (nSPS) is 14.5. The van der Waals surface area contributed by atoms with E-state index in [2.05, 4.69) is 47.8 Å². The van der Waals surface area contributed by atoms with Crippen molar-refractivity contribution in [2.24, 2.45) is 0 Å². The first-order valence-corrected chi connectivity index (χ1v) is 11.2. The van der Waals surface area contributed by atoms with Crippen molar-refractivity contribution in [1.29, 1.82) is 0 Å². The molecule has 0 saturated carbocycles. The van der Waals surface area contributed by atoms with Crippen LogP contribution in [0, 0.1) is 6.92 Å². The summed E-state index contributed by atoms with van der Waals surface area (Å²) in [5.74, 6) is 1.61. The van der Waals surface area contributed by atoms with E-state index in [-0.39, 0.29) is 0 Å². The maximum absolute atomic E-state index is 6.24. The van der Waals surface area contributed by atoms with E-state index < -0.39 is 0 Å². The summed E-state index contributed by atoms with van der Waals surface area (Å²) in [4.78, 5) is 16.5. The van der Waals surface area contributed by atoms with Crippen molar-refractivity contribution in [3.05, 3.63) is 59.8 Å². The van der Waals surface area contributed by atoms with Gasteiger partial charge in [0.2, 0.25) is 0 Å². The molecule has 32 heavy (non-hydrogen) atoms. The molecular weight excluding hydrogens is 422 g/mol. The number of aryl methyl sites for hydroxylation is 1. The Morgan fingerprint density at radius 3 is 2.66 bits per heavy atom. The van der Waals surface area contributed by atoms with Gasteiger partial charge < -0.3 is 4.90 Å². The lowest BCUT2D eigenvalue weighted by Crippen LogP contribution is -2.29. The van der Waals surface area contributed by atoms with Crippen LogP contribution in [0.15, 0.2) is 48.9 Å². The predicted octanol–water partition coefficient (Wildman–Crippen LogP) is 5.31. The van der Waals surface area contributed by atoms with Gasteiger partial charge in [-0.2, -0.15) is 5.10 Å². The van der Waals surface area contributed by atoms with E-state index in [1.165, 1.54) is 31.3 Å². The lowest BCUT2D eigenvalue weighted by Gasteiger charge is -2.29. The maximum Gasteiger partial charge on any atom is 0.157 e. The van der Waals surface area contributed by atoms with Crippen LogP contribution in [0.5, 0.6) is 0 Å². The number of hydrogen-bond donors (Lipinski definition) is 1. The molecule has 0 unspecified atom stereocenters. The van der Waals surface area contributed by atoms with Gasteiger partial charge in [0.05, 0.1) is 22.9 Å². The zero-order valence-corrected chi connectivity index (χ0v) is 18.5. The predicted molar refractivity (Wildman–Crippen MR) is 128 cm³/mol. The van der Waals surface area contributed by atoms with Gasteiger partial charge in [-0.1, -0.05) is 11.6 Å². The Bertz CT molecular complexity index is 1430. The quantitative estimate of drug-likeness (QED) is 0.409. The number of anilines is 1. The Hall–Kier alpha value is -3.45. The summed E-state index contributed by atoms with van der Waals surface area (Å²) in [7, 11) is 0. The van der Waals surface area contributed by atoms with Crippen LogP contribution < -0.4 is 4.90 Å². The second-order valence-corrected chi connectivity index (χ2v) is 8.70. The number of piperidine rings is 1. The molecule has 6 rings (SSSR count). The summed E-state index contributed by atoms with van der Waals surface area (Å²) >= 11 is 6.24. The lowest BCUT2D eigenvalue weighted by molar-refractivity contribution is 0.578. The minimum absolute atomic E-state index is 0.698. The molecule has 0 aliphatic carbocycles. The number of aromatic nitrogens is 6. The number of nitrogens with zero attached hydrogens (tertiary/aromatic N) is 6. The highest BCUT2D eigenvalue weighted by molar-refractivity contribution is 6.31. The first-order valence-electron chi connectivity index (χ1n) is 10.9. The first kappa shape index (κ1) is 19.3. The van der Waals surface area contributed by atoms with Crippen LogP contribution in [0.25, 0.3) is 39.0 Å². The Balaban J connectivity index is 1.60. The van der Waals surface area contributed by atoms with Gasteiger partial charge in [-0.15, -0.1) is 0 Å². The third-order valence-electron chi connectivity index (χ3n) is 6.19. The Labute approximate surface area is 190 Å². The number of nitrogens with one attached hydrogen (secondary N) is 1. The molecule has 1 aliphatic rings. The molecule has 1 N–H and O–H groups in total. The standard InChI is InChI=1S/C24H22ClN7/c1-15-29-23-20(24-27-14-28-30-24)11-18(31-7-3-2-4-8-31)12-22(23)32(15)19-10-16-9-17(25)5-6-21(16)26-13-19/h5-6,9-14H,2-4,7-8H2,1H3,(H,27,28,30). The Morgan fingerprint density at radius 1 is 0.969 bits per heavy atom. The zero-order valence-electron chi connectivity index (χ0n) is 17.7. The zero-order chi connectivity index (χ0) is 21.7. The minimum atomic E-state index is 0.698. The summed E-state index contributed by atoms with van der Waals surface area (Å²) in [5.41, 5.74) is 5.93. The number of imidazole rings is 1. The first-order chi connectivity index (χ1) is 15.7. The molecule has 3 aromatic heterocycles. The maximum atomic E-state index is 6.24. The number of fused-ring (bicyclic) bond motifs is 2. The number of halogens is 1. The van der Waals surface area contributed by atoms with E-state index in [1.54, 1.807) is 0 Å². The van der Waals surface area contributed by atoms with Crippen LogP contribution in [0.1, 0.15) is 25.1 Å². The van der Waals surface area contributed by atoms with Crippen molar-refractivity contribution < 1.29 is 0 Å². The van der Waals surface area contributed by atoms with Crippen molar-refractivity contribution >= 4 is 39.2 Å². The molecule has 2 aromatic carbocycles. The van der Waals surface area contributed by atoms with E-state index in [0.29, 0.717) is 5.02 Å².